The molecule has 0 radical (unpaired) electrons. The molecular weight excluding hydrogens is 186 g/mol. The van der Waals surface area contributed by atoms with E-state index in [2.05, 4.69) is 30.5 Å². The third-order valence-electron chi connectivity index (χ3n) is 2.41. The first-order valence-corrected chi connectivity index (χ1v) is 5.92. The summed E-state index contributed by atoms with van der Waals surface area (Å²) in [6, 6.07) is 0. The van der Waals surface area contributed by atoms with Gasteiger partial charge in [-0.05, 0) is 32.1 Å². The lowest BCUT2D eigenvalue weighted by Gasteiger charge is -1.98. The molecule has 0 aromatic rings. The van der Waals surface area contributed by atoms with Crippen LogP contribution >= 0.6 is 0 Å². The summed E-state index contributed by atoms with van der Waals surface area (Å²) in [4.78, 5) is 11.2. The first kappa shape index (κ1) is 12.0. The number of carbonyl (C=O) groups is 1. The lowest BCUT2D eigenvalue weighted by molar-refractivity contribution is -0.122. The molecule has 1 aliphatic rings. The molecule has 2 heteroatoms. The Morgan fingerprint density at radius 1 is 1.20 bits per heavy atom. The lowest BCUT2D eigenvalue weighted by atomic mass is 10.2. The molecule has 1 amide bonds. The standard InChI is InChI=1S/C13H21NO/c1-2-3-4-5-6-7-8-11-14-13(15)12-9-10-12/h3-4,7-8,12H,2,5-6,9-11H2,1H3,(H,14,15)/b4-3-,8-7-. The Kier molecular flexibility index (Phi) is 5.83. The minimum atomic E-state index is 0.227. The topological polar surface area (TPSA) is 29.1 Å². The van der Waals surface area contributed by atoms with E-state index >= 15 is 0 Å². The predicted molar refractivity (Wildman–Crippen MR) is 63.5 cm³/mol. The van der Waals surface area contributed by atoms with Crippen molar-refractivity contribution < 1.29 is 4.79 Å². The minimum Gasteiger partial charge on any atom is -0.352 e. The summed E-state index contributed by atoms with van der Waals surface area (Å²) in [5.41, 5.74) is 0. The fourth-order valence-electron chi connectivity index (χ4n) is 1.33. The van der Waals surface area contributed by atoms with E-state index in [1.54, 1.807) is 0 Å². The highest BCUT2D eigenvalue weighted by molar-refractivity contribution is 5.80. The first-order chi connectivity index (χ1) is 7.34. The van der Waals surface area contributed by atoms with Crippen LogP contribution in [0.15, 0.2) is 24.3 Å². The molecule has 0 aromatic carbocycles. The molecule has 1 rings (SSSR count). The Balaban J connectivity index is 1.92. The van der Waals surface area contributed by atoms with Crippen molar-refractivity contribution in [3.8, 4) is 0 Å². The molecule has 1 saturated carbocycles. The van der Waals surface area contributed by atoms with E-state index < -0.39 is 0 Å². The van der Waals surface area contributed by atoms with E-state index in [1.807, 2.05) is 6.08 Å². The molecule has 2 nitrogen and oxygen atoms in total. The number of unbranched alkanes of at least 4 members (excludes halogenated alkanes) is 1. The third kappa shape index (κ3) is 6.10. The Morgan fingerprint density at radius 3 is 2.47 bits per heavy atom. The van der Waals surface area contributed by atoms with Crippen molar-refractivity contribution in [1.82, 2.24) is 5.32 Å². The Labute approximate surface area is 92.4 Å². The summed E-state index contributed by atoms with van der Waals surface area (Å²) in [6.07, 6.45) is 14.0. The van der Waals surface area contributed by atoms with Crippen LogP contribution in [-0.4, -0.2) is 12.5 Å². The van der Waals surface area contributed by atoms with E-state index in [0.29, 0.717) is 12.5 Å². The van der Waals surface area contributed by atoms with E-state index in [-0.39, 0.29) is 5.91 Å². The van der Waals surface area contributed by atoms with Gasteiger partial charge in [0.25, 0.3) is 0 Å². The van der Waals surface area contributed by atoms with Crippen LogP contribution in [0.5, 0.6) is 0 Å². The third-order valence-corrected chi connectivity index (χ3v) is 2.41. The second-order valence-corrected chi connectivity index (χ2v) is 3.95. The van der Waals surface area contributed by atoms with Crippen molar-refractivity contribution in [3.63, 3.8) is 0 Å². The molecule has 0 aromatic heterocycles. The van der Waals surface area contributed by atoms with Gasteiger partial charge in [-0.3, -0.25) is 4.79 Å². The largest absolute Gasteiger partial charge is 0.352 e. The summed E-state index contributed by atoms with van der Waals surface area (Å²) in [7, 11) is 0. The number of amides is 1. The Morgan fingerprint density at radius 2 is 1.87 bits per heavy atom. The van der Waals surface area contributed by atoms with E-state index in [4.69, 9.17) is 0 Å². The van der Waals surface area contributed by atoms with Gasteiger partial charge in [-0.2, -0.15) is 0 Å². The van der Waals surface area contributed by atoms with Gasteiger partial charge in [0.05, 0.1) is 0 Å². The summed E-state index contributed by atoms with van der Waals surface area (Å²) in [6.45, 7) is 2.83. The van der Waals surface area contributed by atoms with Gasteiger partial charge >= 0.3 is 0 Å². The minimum absolute atomic E-state index is 0.227. The van der Waals surface area contributed by atoms with Crippen LogP contribution in [0, 0.1) is 5.92 Å². The number of allylic oxidation sites excluding steroid dienone is 3. The number of nitrogens with one attached hydrogen (secondary N) is 1. The van der Waals surface area contributed by atoms with Gasteiger partial charge in [-0.25, -0.2) is 0 Å². The normalized spacial score (nSPS) is 16.3. The molecule has 84 valence electrons. The maximum Gasteiger partial charge on any atom is 0.223 e. The molecular formula is C13H21NO. The molecule has 1 fully saturated rings. The predicted octanol–water partition coefficient (Wildman–Crippen LogP) is 2.82. The number of carbonyl (C=O) groups excluding carboxylic acids is 1. The lowest BCUT2D eigenvalue weighted by Crippen LogP contribution is -2.24. The van der Waals surface area contributed by atoms with Gasteiger partial charge in [-0.1, -0.05) is 31.2 Å². The summed E-state index contributed by atoms with van der Waals surface area (Å²) in [5.74, 6) is 0.552. The average molecular weight is 207 g/mol. The average Bonchev–Trinajstić information content (AvgIpc) is 3.05. The molecule has 0 saturated heterocycles. The monoisotopic (exact) mass is 207 g/mol. The molecule has 0 spiro atoms. The van der Waals surface area contributed by atoms with Crippen LogP contribution in [0.2, 0.25) is 0 Å². The second-order valence-electron chi connectivity index (χ2n) is 3.95. The number of rotatable bonds is 7. The van der Waals surface area contributed by atoms with E-state index in [1.165, 1.54) is 0 Å². The first-order valence-electron chi connectivity index (χ1n) is 5.92. The van der Waals surface area contributed by atoms with Crippen LogP contribution in [-0.2, 0) is 4.79 Å². The van der Waals surface area contributed by atoms with Crippen LogP contribution in [0.4, 0.5) is 0 Å². The van der Waals surface area contributed by atoms with Gasteiger partial charge in [-0.15, -0.1) is 0 Å². The van der Waals surface area contributed by atoms with E-state index in [9.17, 15) is 4.79 Å². The number of hydrogen-bond acceptors (Lipinski definition) is 1. The van der Waals surface area contributed by atoms with Gasteiger partial charge in [0.2, 0.25) is 5.91 Å². The molecule has 0 unspecified atom stereocenters. The smallest absolute Gasteiger partial charge is 0.223 e. The van der Waals surface area contributed by atoms with Gasteiger partial charge in [0.15, 0.2) is 0 Å². The van der Waals surface area contributed by atoms with Crippen molar-refractivity contribution >= 4 is 5.91 Å². The maximum absolute atomic E-state index is 11.2. The quantitative estimate of drug-likeness (QED) is 0.505. The van der Waals surface area contributed by atoms with Crippen LogP contribution in [0.3, 0.4) is 0 Å². The van der Waals surface area contributed by atoms with Crippen LogP contribution in [0.25, 0.3) is 0 Å². The summed E-state index contributed by atoms with van der Waals surface area (Å²) >= 11 is 0. The molecule has 0 aliphatic heterocycles. The van der Waals surface area contributed by atoms with Crippen molar-refractivity contribution in [1.29, 1.82) is 0 Å². The summed E-state index contributed by atoms with van der Waals surface area (Å²) < 4.78 is 0. The number of hydrogen-bond donors (Lipinski definition) is 1. The maximum atomic E-state index is 11.2. The van der Waals surface area contributed by atoms with E-state index in [0.717, 1.165) is 32.1 Å². The van der Waals surface area contributed by atoms with Gasteiger partial charge in [0.1, 0.15) is 0 Å². The summed E-state index contributed by atoms with van der Waals surface area (Å²) in [5, 5.41) is 2.90. The fourth-order valence-corrected chi connectivity index (χ4v) is 1.33. The fraction of sp³-hybridized carbons (Fsp3) is 0.615. The second kappa shape index (κ2) is 7.27. The highest BCUT2D eigenvalue weighted by atomic mass is 16.2. The van der Waals surface area contributed by atoms with Crippen LogP contribution in [0.1, 0.15) is 39.0 Å². The molecule has 0 heterocycles. The van der Waals surface area contributed by atoms with Crippen molar-refractivity contribution in [2.24, 2.45) is 5.92 Å². The zero-order chi connectivity index (χ0) is 10.9. The zero-order valence-electron chi connectivity index (χ0n) is 9.54. The molecule has 1 N–H and O–H groups in total. The highest BCUT2D eigenvalue weighted by Crippen LogP contribution is 2.28. The zero-order valence-corrected chi connectivity index (χ0v) is 9.54. The highest BCUT2D eigenvalue weighted by Gasteiger charge is 2.28. The molecule has 0 atom stereocenters. The van der Waals surface area contributed by atoms with Crippen molar-refractivity contribution in [2.45, 2.75) is 39.0 Å². The molecule has 1 aliphatic carbocycles. The Bertz CT molecular complexity index is 239. The Hall–Kier alpha value is -1.05. The molecule has 0 bridgehead atoms. The van der Waals surface area contributed by atoms with Crippen molar-refractivity contribution in [2.75, 3.05) is 6.54 Å². The van der Waals surface area contributed by atoms with Crippen LogP contribution < -0.4 is 5.32 Å². The molecule has 15 heavy (non-hydrogen) atoms. The van der Waals surface area contributed by atoms with Gasteiger partial charge in [0, 0.05) is 12.5 Å². The van der Waals surface area contributed by atoms with Gasteiger partial charge < -0.3 is 5.32 Å². The SMILES string of the molecule is CC/C=C\CC/C=C\CNC(=O)C1CC1. The van der Waals surface area contributed by atoms with Crippen molar-refractivity contribution in [3.05, 3.63) is 24.3 Å².